The van der Waals surface area contributed by atoms with Crippen molar-refractivity contribution in [2.75, 3.05) is 32.8 Å². The number of carbonyl (C=O) groups is 1. The molecule has 0 saturated carbocycles. The van der Waals surface area contributed by atoms with Crippen LogP contribution in [0.5, 0.6) is 0 Å². The number of hydrogen-bond donors (Lipinski definition) is 2. The third kappa shape index (κ3) is 8.34. The Bertz CT molecular complexity index is 597. The van der Waals surface area contributed by atoms with Crippen molar-refractivity contribution in [1.82, 2.24) is 15.5 Å². The van der Waals surface area contributed by atoms with Crippen molar-refractivity contribution in [2.24, 2.45) is 4.99 Å². The molecule has 1 amide bonds. The molecule has 0 spiro atoms. The van der Waals surface area contributed by atoms with Gasteiger partial charge in [0.05, 0.1) is 6.10 Å². The van der Waals surface area contributed by atoms with Gasteiger partial charge in [0.15, 0.2) is 5.96 Å². The maximum Gasteiger partial charge on any atom is 0.222 e. The fourth-order valence-electron chi connectivity index (χ4n) is 3.18. The van der Waals surface area contributed by atoms with Crippen molar-refractivity contribution in [3.63, 3.8) is 0 Å². The highest BCUT2D eigenvalue weighted by Gasteiger charge is 2.25. The van der Waals surface area contributed by atoms with E-state index < -0.39 is 0 Å². The van der Waals surface area contributed by atoms with Crippen LogP contribution in [-0.2, 0) is 9.53 Å². The summed E-state index contributed by atoms with van der Waals surface area (Å²) in [5.74, 6) is 1.05. The average Bonchev–Trinajstić information content (AvgIpc) is 3.16. The Morgan fingerprint density at radius 3 is 2.75 bits per heavy atom. The van der Waals surface area contributed by atoms with Crippen molar-refractivity contribution in [3.8, 4) is 0 Å². The molecule has 0 radical (unpaired) electrons. The Morgan fingerprint density at radius 1 is 1.32 bits per heavy atom. The lowest BCUT2D eigenvalue weighted by molar-refractivity contribution is -0.129. The number of halogens is 1. The largest absolute Gasteiger partial charge is 0.374 e. The minimum absolute atomic E-state index is 0. The van der Waals surface area contributed by atoms with Crippen LogP contribution in [0.3, 0.4) is 0 Å². The first-order valence-electron chi connectivity index (χ1n) is 10.1. The molecule has 28 heavy (non-hydrogen) atoms. The highest BCUT2D eigenvalue weighted by atomic mass is 127. The van der Waals surface area contributed by atoms with E-state index in [1.54, 1.807) is 0 Å². The van der Waals surface area contributed by atoms with E-state index in [-0.39, 0.29) is 42.0 Å². The lowest BCUT2D eigenvalue weighted by Crippen LogP contribution is -2.45. The molecular weight excluding hydrogens is 467 g/mol. The van der Waals surface area contributed by atoms with Gasteiger partial charge in [-0.3, -0.25) is 9.79 Å². The van der Waals surface area contributed by atoms with E-state index in [0.29, 0.717) is 19.6 Å². The normalized spacial score (nSPS) is 17.8. The van der Waals surface area contributed by atoms with E-state index >= 15 is 0 Å². The fraction of sp³-hybridized carbons (Fsp3) is 0.619. The van der Waals surface area contributed by atoms with Crippen molar-refractivity contribution < 1.29 is 9.53 Å². The van der Waals surface area contributed by atoms with E-state index in [1.807, 2.05) is 30.0 Å². The molecule has 0 aromatic heterocycles. The zero-order valence-corrected chi connectivity index (χ0v) is 19.6. The van der Waals surface area contributed by atoms with Gasteiger partial charge < -0.3 is 20.3 Å². The molecule has 1 heterocycles. The third-order valence-corrected chi connectivity index (χ3v) is 4.74. The molecule has 1 aromatic carbocycles. The summed E-state index contributed by atoms with van der Waals surface area (Å²) < 4.78 is 5.90. The summed E-state index contributed by atoms with van der Waals surface area (Å²) in [4.78, 5) is 18.4. The van der Waals surface area contributed by atoms with Gasteiger partial charge in [0.25, 0.3) is 0 Å². The number of amides is 1. The predicted molar refractivity (Wildman–Crippen MR) is 125 cm³/mol. The highest BCUT2D eigenvalue weighted by Crippen LogP contribution is 2.15. The quantitative estimate of drug-likeness (QED) is 0.235. The first-order valence-corrected chi connectivity index (χ1v) is 10.1. The van der Waals surface area contributed by atoms with Gasteiger partial charge in [-0.1, -0.05) is 37.3 Å². The summed E-state index contributed by atoms with van der Waals surface area (Å²) >= 11 is 0. The molecule has 1 fully saturated rings. The van der Waals surface area contributed by atoms with Gasteiger partial charge in [0.1, 0.15) is 0 Å². The van der Waals surface area contributed by atoms with Crippen LogP contribution in [-0.4, -0.2) is 55.6 Å². The van der Waals surface area contributed by atoms with Crippen LogP contribution in [0.1, 0.15) is 51.7 Å². The molecule has 1 aliphatic rings. The van der Waals surface area contributed by atoms with Crippen molar-refractivity contribution >= 4 is 35.8 Å². The molecule has 1 aliphatic heterocycles. The van der Waals surface area contributed by atoms with Gasteiger partial charge in [-0.15, -0.1) is 24.0 Å². The summed E-state index contributed by atoms with van der Waals surface area (Å²) in [5, 5.41) is 6.74. The smallest absolute Gasteiger partial charge is 0.222 e. The van der Waals surface area contributed by atoms with Crippen LogP contribution in [0.25, 0.3) is 0 Å². The maximum absolute atomic E-state index is 11.8. The van der Waals surface area contributed by atoms with E-state index in [9.17, 15) is 4.79 Å². The monoisotopic (exact) mass is 502 g/mol. The Balaban J connectivity index is 0.00000392. The van der Waals surface area contributed by atoms with Crippen LogP contribution >= 0.6 is 24.0 Å². The lowest BCUT2D eigenvalue weighted by atomic mass is 10.1. The molecule has 158 valence electrons. The number of nitrogens with one attached hydrogen (secondary N) is 2. The molecule has 2 rings (SSSR count). The standard InChI is InChI=1S/C21H34N4O2.HI/c1-4-20(26)25-14-12-19(16-25)24-21(22-5-2)23-13-9-15-27-17(3)18-10-7-6-8-11-18;/h6-8,10-11,17,19H,4-5,9,12-16H2,1-3H3,(H2,22,23,24);1H. The predicted octanol–water partition coefficient (Wildman–Crippen LogP) is 3.34. The number of hydrogen-bond acceptors (Lipinski definition) is 3. The van der Waals surface area contributed by atoms with E-state index in [2.05, 4.69) is 41.6 Å². The molecule has 6 nitrogen and oxygen atoms in total. The van der Waals surface area contributed by atoms with Gasteiger partial charge in [0, 0.05) is 45.2 Å². The fourth-order valence-corrected chi connectivity index (χ4v) is 3.18. The van der Waals surface area contributed by atoms with Gasteiger partial charge in [-0.25, -0.2) is 0 Å². The Hall–Kier alpha value is -1.35. The number of ether oxygens (including phenoxy) is 1. The molecule has 0 aliphatic carbocycles. The van der Waals surface area contributed by atoms with Crippen molar-refractivity contribution in [1.29, 1.82) is 0 Å². The SMILES string of the molecule is CCNC(=NCCCOC(C)c1ccccc1)NC1CCN(C(=O)CC)C1.I. The molecule has 2 unspecified atom stereocenters. The minimum Gasteiger partial charge on any atom is -0.374 e. The molecule has 1 saturated heterocycles. The van der Waals surface area contributed by atoms with Crippen molar-refractivity contribution in [3.05, 3.63) is 35.9 Å². The summed E-state index contributed by atoms with van der Waals surface area (Å²) in [6.07, 6.45) is 2.51. The summed E-state index contributed by atoms with van der Waals surface area (Å²) in [5.41, 5.74) is 1.20. The van der Waals surface area contributed by atoms with E-state index in [1.165, 1.54) is 5.56 Å². The summed E-state index contributed by atoms with van der Waals surface area (Å²) in [6, 6.07) is 10.5. The number of rotatable bonds is 9. The summed E-state index contributed by atoms with van der Waals surface area (Å²) in [6.45, 7) is 9.84. The third-order valence-electron chi connectivity index (χ3n) is 4.74. The second kappa shape index (κ2) is 13.8. The number of nitrogens with zero attached hydrogens (tertiary/aromatic N) is 2. The topological polar surface area (TPSA) is 66.0 Å². The van der Waals surface area contributed by atoms with Gasteiger partial charge >= 0.3 is 0 Å². The van der Waals surface area contributed by atoms with Crippen LogP contribution in [0, 0.1) is 0 Å². The second-order valence-electron chi connectivity index (χ2n) is 6.86. The van der Waals surface area contributed by atoms with E-state index in [4.69, 9.17) is 4.74 Å². The van der Waals surface area contributed by atoms with E-state index in [0.717, 1.165) is 38.4 Å². The summed E-state index contributed by atoms with van der Waals surface area (Å²) in [7, 11) is 0. The second-order valence-corrected chi connectivity index (χ2v) is 6.86. The Morgan fingerprint density at radius 2 is 2.07 bits per heavy atom. The zero-order valence-electron chi connectivity index (χ0n) is 17.3. The average molecular weight is 502 g/mol. The first-order chi connectivity index (χ1) is 13.1. The van der Waals surface area contributed by atoms with Gasteiger partial charge in [-0.2, -0.15) is 0 Å². The first kappa shape index (κ1) is 24.7. The highest BCUT2D eigenvalue weighted by molar-refractivity contribution is 14.0. The van der Waals surface area contributed by atoms with Crippen LogP contribution < -0.4 is 10.6 Å². The maximum atomic E-state index is 11.8. The number of likely N-dealkylation sites (tertiary alicyclic amines) is 1. The minimum atomic E-state index is 0. The molecule has 0 bridgehead atoms. The molecular formula is C21H35IN4O2. The lowest BCUT2D eigenvalue weighted by Gasteiger charge is -2.18. The van der Waals surface area contributed by atoms with Crippen LogP contribution in [0.15, 0.2) is 35.3 Å². The van der Waals surface area contributed by atoms with Crippen molar-refractivity contribution in [2.45, 2.75) is 52.2 Å². The molecule has 2 N–H and O–H groups in total. The Labute approximate surface area is 186 Å². The number of benzene rings is 1. The molecule has 7 heteroatoms. The van der Waals surface area contributed by atoms with Gasteiger partial charge in [-0.05, 0) is 32.3 Å². The van der Waals surface area contributed by atoms with Crippen LogP contribution in [0.4, 0.5) is 0 Å². The zero-order chi connectivity index (χ0) is 19.5. The molecule has 2 atom stereocenters. The number of aliphatic imine (C=N–C) groups is 1. The molecule has 1 aromatic rings. The Kier molecular flexibility index (Phi) is 12.1. The van der Waals surface area contributed by atoms with Gasteiger partial charge in [0.2, 0.25) is 5.91 Å². The number of carbonyl (C=O) groups excluding carboxylic acids is 1. The number of guanidine groups is 1. The van der Waals surface area contributed by atoms with Crippen LogP contribution in [0.2, 0.25) is 0 Å².